The van der Waals surface area contributed by atoms with Crippen molar-refractivity contribution in [3.05, 3.63) is 23.5 Å². The lowest BCUT2D eigenvalue weighted by Crippen LogP contribution is -2.31. The summed E-state index contributed by atoms with van der Waals surface area (Å²) in [7, 11) is 2.72. The Kier molecular flexibility index (Phi) is 4.99. The van der Waals surface area contributed by atoms with Gasteiger partial charge in [0, 0.05) is 17.7 Å². The molecule has 1 atom stereocenters. The predicted octanol–water partition coefficient (Wildman–Crippen LogP) is 3.06. The Morgan fingerprint density at radius 2 is 1.68 bits per heavy atom. The maximum Gasteiger partial charge on any atom is 0.401 e. The monoisotopic (exact) mass is 281 g/mol. The Morgan fingerprint density at radius 1 is 1.16 bits per heavy atom. The highest BCUT2D eigenvalue weighted by Crippen LogP contribution is 2.32. The molecular weight excluding hydrogens is 266 g/mol. The summed E-state index contributed by atoms with van der Waals surface area (Å²) in [4.78, 5) is 0. The van der Waals surface area contributed by atoms with Gasteiger partial charge in [0.05, 0.1) is 20.8 Å². The summed E-state index contributed by atoms with van der Waals surface area (Å²) < 4.78 is 59.9. The van der Waals surface area contributed by atoms with Gasteiger partial charge in [0.1, 0.15) is 5.82 Å². The number of rotatable bonds is 5. The number of hydrogen-bond acceptors (Lipinski definition) is 3. The maximum absolute atomic E-state index is 13.8. The molecular formula is C12H15F4NO2. The summed E-state index contributed by atoms with van der Waals surface area (Å²) in [5.41, 5.74) is 0.0851. The third-order valence-corrected chi connectivity index (χ3v) is 2.58. The first-order valence-corrected chi connectivity index (χ1v) is 5.50. The molecule has 0 heterocycles. The van der Waals surface area contributed by atoms with Crippen LogP contribution >= 0.6 is 0 Å². The Bertz CT molecular complexity index is 434. The largest absolute Gasteiger partial charge is 0.493 e. The van der Waals surface area contributed by atoms with E-state index in [2.05, 4.69) is 5.32 Å². The number of hydrogen-bond donors (Lipinski definition) is 1. The normalized spacial score (nSPS) is 13.2. The lowest BCUT2D eigenvalue weighted by atomic mass is 10.1. The van der Waals surface area contributed by atoms with Gasteiger partial charge in [0.25, 0.3) is 0 Å². The quantitative estimate of drug-likeness (QED) is 0.841. The highest BCUT2D eigenvalue weighted by atomic mass is 19.4. The highest BCUT2D eigenvalue weighted by Gasteiger charge is 2.28. The molecule has 7 heteroatoms. The molecule has 1 rings (SSSR count). The highest BCUT2D eigenvalue weighted by molar-refractivity contribution is 5.44. The molecule has 3 nitrogen and oxygen atoms in total. The van der Waals surface area contributed by atoms with Crippen LogP contribution in [-0.2, 0) is 0 Å². The first-order chi connectivity index (χ1) is 8.78. The second-order valence-corrected chi connectivity index (χ2v) is 3.95. The average molecular weight is 281 g/mol. The molecule has 19 heavy (non-hydrogen) atoms. The molecule has 0 radical (unpaired) electrons. The zero-order valence-electron chi connectivity index (χ0n) is 10.8. The lowest BCUT2D eigenvalue weighted by Gasteiger charge is -2.18. The smallest absolute Gasteiger partial charge is 0.401 e. The Hall–Kier alpha value is -1.50. The molecule has 0 aliphatic heterocycles. The van der Waals surface area contributed by atoms with E-state index in [0.717, 1.165) is 6.07 Å². The molecule has 108 valence electrons. The molecule has 0 spiro atoms. The summed E-state index contributed by atoms with van der Waals surface area (Å²) in [6.45, 7) is 0.248. The number of nitrogens with one attached hydrogen (secondary N) is 1. The van der Waals surface area contributed by atoms with E-state index < -0.39 is 24.6 Å². The maximum atomic E-state index is 13.8. The number of benzene rings is 1. The minimum absolute atomic E-state index is 0.0851. The van der Waals surface area contributed by atoms with Crippen LogP contribution in [0.4, 0.5) is 17.6 Å². The van der Waals surface area contributed by atoms with E-state index in [0.29, 0.717) is 0 Å². The minimum Gasteiger partial charge on any atom is -0.493 e. The zero-order chi connectivity index (χ0) is 14.6. The number of ether oxygens (including phenoxy) is 2. The number of halogens is 4. The van der Waals surface area contributed by atoms with Crippen LogP contribution in [0.15, 0.2) is 12.1 Å². The van der Waals surface area contributed by atoms with Gasteiger partial charge in [0.15, 0.2) is 11.5 Å². The van der Waals surface area contributed by atoms with Crippen LogP contribution in [0.3, 0.4) is 0 Å². The van der Waals surface area contributed by atoms with Crippen LogP contribution in [0.5, 0.6) is 11.5 Å². The van der Waals surface area contributed by atoms with Crippen molar-refractivity contribution >= 4 is 0 Å². The SMILES string of the molecule is COc1cc(F)c(C(C)NCC(F)(F)F)cc1OC. The van der Waals surface area contributed by atoms with Crippen molar-refractivity contribution in [3.63, 3.8) is 0 Å². The summed E-state index contributed by atoms with van der Waals surface area (Å²) in [5, 5.41) is 2.21. The van der Waals surface area contributed by atoms with E-state index in [4.69, 9.17) is 9.47 Å². The standard InChI is InChI=1S/C12H15F4NO2/c1-7(17-6-12(14,15)16)8-4-10(18-2)11(19-3)5-9(8)13/h4-5,7,17H,6H2,1-3H3. The molecule has 0 aliphatic carbocycles. The third-order valence-electron chi connectivity index (χ3n) is 2.58. The van der Waals surface area contributed by atoms with Crippen molar-refractivity contribution < 1.29 is 27.0 Å². The van der Waals surface area contributed by atoms with Crippen molar-refractivity contribution in [2.45, 2.75) is 19.1 Å². The van der Waals surface area contributed by atoms with Gasteiger partial charge in [-0.05, 0) is 13.0 Å². The molecule has 1 N–H and O–H groups in total. The van der Waals surface area contributed by atoms with Crippen molar-refractivity contribution in [2.24, 2.45) is 0 Å². The van der Waals surface area contributed by atoms with Crippen LogP contribution in [0, 0.1) is 5.82 Å². The average Bonchev–Trinajstić information content (AvgIpc) is 2.34. The van der Waals surface area contributed by atoms with Crippen molar-refractivity contribution in [3.8, 4) is 11.5 Å². The van der Waals surface area contributed by atoms with E-state index in [9.17, 15) is 17.6 Å². The van der Waals surface area contributed by atoms with Crippen LogP contribution in [0.1, 0.15) is 18.5 Å². The molecule has 0 fully saturated rings. The molecule has 0 saturated heterocycles. The summed E-state index contributed by atoms with van der Waals surface area (Å²) >= 11 is 0. The fraction of sp³-hybridized carbons (Fsp3) is 0.500. The zero-order valence-corrected chi connectivity index (χ0v) is 10.8. The van der Waals surface area contributed by atoms with Crippen LogP contribution in [0.2, 0.25) is 0 Å². The fourth-order valence-corrected chi connectivity index (χ4v) is 1.58. The Labute approximate surface area is 108 Å². The van der Waals surface area contributed by atoms with Crippen LogP contribution < -0.4 is 14.8 Å². The van der Waals surface area contributed by atoms with E-state index in [1.807, 2.05) is 0 Å². The molecule has 0 saturated carbocycles. The van der Waals surface area contributed by atoms with E-state index in [1.54, 1.807) is 0 Å². The molecule has 0 bridgehead atoms. The van der Waals surface area contributed by atoms with Crippen LogP contribution in [-0.4, -0.2) is 26.9 Å². The summed E-state index contributed by atoms with van der Waals surface area (Å²) in [6.07, 6.45) is -4.35. The van der Waals surface area contributed by atoms with Gasteiger partial charge in [-0.3, -0.25) is 0 Å². The molecule has 1 unspecified atom stereocenters. The Morgan fingerprint density at radius 3 is 2.16 bits per heavy atom. The Balaban J connectivity index is 2.93. The fourth-order valence-electron chi connectivity index (χ4n) is 1.58. The van der Waals surface area contributed by atoms with E-state index in [1.165, 1.54) is 27.2 Å². The van der Waals surface area contributed by atoms with Gasteiger partial charge in [-0.1, -0.05) is 0 Å². The molecule has 0 aromatic heterocycles. The first kappa shape index (κ1) is 15.6. The second kappa shape index (κ2) is 6.10. The van der Waals surface area contributed by atoms with Crippen molar-refractivity contribution in [2.75, 3.05) is 20.8 Å². The topological polar surface area (TPSA) is 30.5 Å². The first-order valence-electron chi connectivity index (χ1n) is 5.50. The van der Waals surface area contributed by atoms with Crippen LogP contribution in [0.25, 0.3) is 0 Å². The van der Waals surface area contributed by atoms with Gasteiger partial charge in [-0.2, -0.15) is 13.2 Å². The lowest BCUT2D eigenvalue weighted by molar-refractivity contribution is -0.126. The molecule has 1 aromatic rings. The van der Waals surface area contributed by atoms with Gasteiger partial charge in [-0.15, -0.1) is 0 Å². The predicted molar refractivity (Wildman–Crippen MR) is 62.0 cm³/mol. The van der Waals surface area contributed by atoms with Gasteiger partial charge in [-0.25, -0.2) is 4.39 Å². The summed E-state index contributed by atoms with van der Waals surface area (Å²) in [6, 6.07) is 1.60. The van der Waals surface area contributed by atoms with Gasteiger partial charge < -0.3 is 14.8 Å². The van der Waals surface area contributed by atoms with Crippen molar-refractivity contribution in [1.29, 1.82) is 0 Å². The molecule has 0 amide bonds. The molecule has 1 aromatic carbocycles. The van der Waals surface area contributed by atoms with Gasteiger partial charge in [0.2, 0.25) is 0 Å². The van der Waals surface area contributed by atoms with Crippen molar-refractivity contribution in [1.82, 2.24) is 5.32 Å². The second-order valence-electron chi connectivity index (χ2n) is 3.95. The van der Waals surface area contributed by atoms with Gasteiger partial charge >= 0.3 is 6.18 Å². The van der Waals surface area contributed by atoms with E-state index >= 15 is 0 Å². The minimum atomic E-state index is -4.35. The summed E-state index contributed by atoms with van der Waals surface area (Å²) in [5.74, 6) is -0.203. The number of methoxy groups -OCH3 is 2. The van der Waals surface area contributed by atoms with E-state index in [-0.39, 0.29) is 17.1 Å². The third kappa shape index (κ3) is 4.27. The molecule has 0 aliphatic rings. The number of alkyl halides is 3.